The molecule has 1 saturated heterocycles. The van der Waals surface area contributed by atoms with Crippen LogP contribution in [0, 0.1) is 6.92 Å². The van der Waals surface area contributed by atoms with Crippen molar-refractivity contribution in [1.29, 1.82) is 0 Å². The Kier molecular flexibility index (Phi) is 11.5. The third-order valence-electron chi connectivity index (χ3n) is 8.29. The molecule has 4 aromatic rings. The van der Waals surface area contributed by atoms with Crippen molar-refractivity contribution in [3.63, 3.8) is 0 Å². The van der Waals surface area contributed by atoms with E-state index in [4.69, 9.17) is 0 Å². The molecule has 254 valence electrons. The molecule has 8 nitrogen and oxygen atoms in total. The highest BCUT2D eigenvalue weighted by molar-refractivity contribution is 8.14. The van der Waals surface area contributed by atoms with Gasteiger partial charge in [0.05, 0.1) is 5.69 Å². The Bertz CT molecular complexity index is 1710. The number of ether oxygens (including phenoxy) is 1. The van der Waals surface area contributed by atoms with E-state index in [2.05, 4.69) is 75.9 Å². The highest BCUT2D eigenvalue weighted by atomic mass is 32.2. The van der Waals surface area contributed by atoms with E-state index in [9.17, 15) is 18.0 Å². The number of halogens is 3. The van der Waals surface area contributed by atoms with Crippen LogP contribution in [0.3, 0.4) is 0 Å². The summed E-state index contributed by atoms with van der Waals surface area (Å²) in [6, 6.07) is 19.9. The van der Waals surface area contributed by atoms with Crippen LogP contribution in [0.15, 0.2) is 78.0 Å². The molecule has 2 unspecified atom stereocenters. The molecule has 5 rings (SSSR count). The number of nitrogens with one attached hydrogen (secondary N) is 1. The lowest BCUT2D eigenvalue weighted by Gasteiger charge is -2.37. The number of hydrogen-bond acceptors (Lipinski definition) is 5. The zero-order valence-electron chi connectivity index (χ0n) is 27.6. The molecule has 1 aliphatic heterocycles. The van der Waals surface area contributed by atoms with Crippen LogP contribution in [-0.4, -0.2) is 50.7 Å². The summed E-state index contributed by atoms with van der Waals surface area (Å²) >= 11 is 1.64. The summed E-state index contributed by atoms with van der Waals surface area (Å²) in [7, 11) is 0. The number of carbonyl (C=O) groups is 1. The van der Waals surface area contributed by atoms with Crippen molar-refractivity contribution in [2.24, 2.45) is 4.99 Å². The predicted molar refractivity (Wildman–Crippen MR) is 186 cm³/mol. The van der Waals surface area contributed by atoms with Gasteiger partial charge in [-0.25, -0.2) is 14.5 Å². The molecular weight excluding hydrogens is 637 g/mol. The molecule has 3 aromatic carbocycles. The van der Waals surface area contributed by atoms with E-state index in [1.165, 1.54) is 46.4 Å². The smallest absolute Gasteiger partial charge is 0.406 e. The van der Waals surface area contributed by atoms with Gasteiger partial charge >= 0.3 is 12.4 Å². The molecule has 1 aromatic heterocycles. The first-order chi connectivity index (χ1) is 23.0. The first-order valence-electron chi connectivity index (χ1n) is 16.3. The fourth-order valence-electron chi connectivity index (χ4n) is 5.69. The van der Waals surface area contributed by atoms with Crippen molar-refractivity contribution < 1.29 is 22.7 Å². The SMILES string of the molecule is CCCc1ccc(C)cc1N1/C(=N/C(=O)NCCCC(C)c2ccc(-c3ncn(-c4ccc(OC(F)(F)F)cc4)n3)cc2)SCCC1C. The van der Waals surface area contributed by atoms with Crippen LogP contribution in [0.1, 0.15) is 69.1 Å². The molecule has 1 fully saturated rings. The molecule has 1 N–H and O–H groups in total. The Morgan fingerprint density at radius 2 is 1.88 bits per heavy atom. The number of aromatic nitrogens is 3. The summed E-state index contributed by atoms with van der Waals surface area (Å²) in [6.07, 6.45) is 1.54. The molecule has 2 heterocycles. The van der Waals surface area contributed by atoms with Gasteiger partial charge in [-0.05, 0) is 92.5 Å². The van der Waals surface area contributed by atoms with E-state index in [1.807, 2.05) is 24.3 Å². The first kappa shape index (κ1) is 35.0. The molecule has 0 radical (unpaired) electrons. The Balaban J connectivity index is 1.13. The fourth-order valence-corrected chi connectivity index (χ4v) is 6.90. The van der Waals surface area contributed by atoms with Crippen LogP contribution in [0.2, 0.25) is 0 Å². The van der Waals surface area contributed by atoms with Crippen LogP contribution in [0.4, 0.5) is 23.7 Å². The highest BCUT2D eigenvalue weighted by Crippen LogP contribution is 2.33. The number of aryl methyl sites for hydroxylation is 2. The van der Waals surface area contributed by atoms with Crippen molar-refractivity contribution in [1.82, 2.24) is 20.1 Å². The number of amides is 2. The number of thioether (sulfide) groups is 1. The van der Waals surface area contributed by atoms with Crippen LogP contribution in [-0.2, 0) is 6.42 Å². The number of aliphatic imine (C=N–C) groups is 1. The lowest BCUT2D eigenvalue weighted by atomic mass is 9.95. The minimum absolute atomic E-state index is 0.261. The van der Waals surface area contributed by atoms with Crippen molar-refractivity contribution in [2.75, 3.05) is 17.2 Å². The summed E-state index contributed by atoms with van der Waals surface area (Å²) in [6.45, 7) is 9.17. The topological polar surface area (TPSA) is 84.6 Å². The minimum Gasteiger partial charge on any atom is -0.406 e. The molecule has 0 spiro atoms. The Morgan fingerprint density at radius 1 is 1.12 bits per heavy atom. The van der Waals surface area contributed by atoms with Crippen LogP contribution < -0.4 is 15.0 Å². The largest absolute Gasteiger partial charge is 0.573 e. The summed E-state index contributed by atoms with van der Waals surface area (Å²) in [5.74, 6) is 1.41. The summed E-state index contributed by atoms with van der Waals surface area (Å²) in [5.41, 5.74) is 6.17. The van der Waals surface area contributed by atoms with Gasteiger partial charge in [0.25, 0.3) is 0 Å². The maximum atomic E-state index is 12.9. The van der Waals surface area contributed by atoms with E-state index in [1.54, 1.807) is 11.8 Å². The molecule has 0 bridgehead atoms. The summed E-state index contributed by atoms with van der Waals surface area (Å²) < 4.78 is 42.8. The van der Waals surface area contributed by atoms with Crippen molar-refractivity contribution in [2.45, 2.75) is 78.1 Å². The molecule has 2 amide bonds. The number of anilines is 1. The highest BCUT2D eigenvalue weighted by Gasteiger charge is 2.31. The van der Waals surface area contributed by atoms with Gasteiger partial charge in [0.1, 0.15) is 12.1 Å². The van der Waals surface area contributed by atoms with E-state index < -0.39 is 6.36 Å². The second-order valence-corrected chi connectivity index (χ2v) is 13.1. The normalized spacial score (nSPS) is 16.6. The minimum atomic E-state index is -4.74. The second-order valence-electron chi connectivity index (χ2n) is 12.1. The van der Waals surface area contributed by atoms with Gasteiger partial charge in [-0.2, -0.15) is 4.99 Å². The van der Waals surface area contributed by atoms with Crippen LogP contribution in [0.25, 0.3) is 17.1 Å². The lowest BCUT2D eigenvalue weighted by Crippen LogP contribution is -2.42. The number of hydrogen-bond donors (Lipinski definition) is 1. The maximum Gasteiger partial charge on any atom is 0.573 e. The Morgan fingerprint density at radius 3 is 2.58 bits per heavy atom. The summed E-state index contributed by atoms with van der Waals surface area (Å²) in [4.78, 5) is 24.0. The van der Waals surface area contributed by atoms with Crippen molar-refractivity contribution in [3.8, 4) is 22.8 Å². The Labute approximate surface area is 283 Å². The average molecular weight is 679 g/mol. The average Bonchev–Trinajstić information content (AvgIpc) is 3.54. The van der Waals surface area contributed by atoms with Crippen LogP contribution >= 0.6 is 11.8 Å². The summed E-state index contributed by atoms with van der Waals surface area (Å²) in [5, 5.41) is 8.23. The Hall–Kier alpha value is -4.32. The number of alkyl halides is 3. The van der Waals surface area contributed by atoms with Gasteiger partial charge in [-0.1, -0.05) is 68.4 Å². The number of urea groups is 1. The second kappa shape index (κ2) is 15.7. The molecule has 2 atom stereocenters. The van der Waals surface area contributed by atoms with Gasteiger partial charge in [-0.3, -0.25) is 0 Å². The molecule has 1 aliphatic rings. The third kappa shape index (κ3) is 9.18. The van der Waals surface area contributed by atoms with Gasteiger partial charge in [0.15, 0.2) is 11.0 Å². The van der Waals surface area contributed by atoms with E-state index in [0.717, 1.165) is 59.8 Å². The maximum absolute atomic E-state index is 12.9. The number of amidine groups is 1. The van der Waals surface area contributed by atoms with Gasteiger partial charge < -0.3 is 15.0 Å². The predicted octanol–water partition coefficient (Wildman–Crippen LogP) is 9.08. The number of carbonyl (C=O) groups excluding carboxylic acids is 1. The zero-order chi connectivity index (χ0) is 34.3. The zero-order valence-corrected chi connectivity index (χ0v) is 28.4. The van der Waals surface area contributed by atoms with Gasteiger partial charge in [-0.15, -0.1) is 18.3 Å². The van der Waals surface area contributed by atoms with Crippen molar-refractivity contribution >= 4 is 28.6 Å². The van der Waals surface area contributed by atoms with Gasteiger partial charge in [0.2, 0.25) is 0 Å². The lowest BCUT2D eigenvalue weighted by molar-refractivity contribution is -0.274. The van der Waals surface area contributed by atoms with E-state index >= 15 is 0 Å². The van der Waals surface area contributed by atoms with Crippen molar-refractivity contribution in [3.05, 3.63) is 89.7 Å². The molecular formula is C36H41F3N6O2S. The fraction of sp³-hybridized carbons (Fsp3) is 0.389. The number of rotatable bonds is 11. The molecule has 0 aliphatic carbocycles. The van der Waals surface area contributed by atoms with E-state index in [-0.39, 0.29) is 23.7 Å². The molecule has 12 heteroatoms. The molecule has 48 heavy (non-hydrogen) atoms. The van der Waals surface area contributed by atoms with E-state index in [0.29, 0.717) is 18.1 Å². The standard InChI is InChI=1S/C36H41F3N6O2S/c1-5-7-28-10-9-24(2)22-32(28)45-26(4)19-21-48-35(45)42-34(46)40-20-6-8-25(3)27-11-13-29(14-12-27)33-41-23-44(43-33)30-15-17-31(18-16-30)47-36(37,38)39/h9-18,22-23,25-26H,5-8,19-21H2,1-4H3,(H,40,46)/b42-35-. The quantitative estimate of drug-likeness (QED) is 0.159. The molecule has 0 saturated carbocycles. The number of benzene rings is 3. The third-order valence-corrected chi connectivity index (χ3v) is 9.27. The first-order valence-corrected chi connectivity index (χ1v) is 17.3. The monoisotopic (exact) mass is 678 g/mol. The van der Waals surface area contributed by atoms with Gasteiger partial charge in [0, 0.05) is 29.6 Å². The number of nitrogens with zero attached hydrogens (tertiary/aromatic N) is 5. The van der Waals surface area contributed by atoms with Crippen LogP contribution in [0.5, 0.6) is 5.75 Å².